The number of fused-ring (bicyclic) bond motifs is 6. The summed E-state index contributed by atoms with van der Waals surface area (Å²) in [7, 11) is 0. The minimum Gasteiger partial charge on any atom is -0.324 e. The van der Waals surface area contributed by atoms with Gasteiger partial charge in [-0.25, -0.2) is 0 Å². The Kier molecular flexibility index (Phi) is 4.48. The Morgan fingerprint density at radius 2 is 1.48 bits per heavy atom. The minimum absolute atomic E-state index is 0.0237. The molecule has 1 unspecified atom stereocenters. The molecule has 2 bridgehead atoms. The monoisotopic (exact) mass is 416 g/mol. The van der Waals surface area contributed by atoms with E-state index in [1.165, 1.54) is 0 Å². The number of Topliss-reactive ketones (excluding diaryl/α,β-unsaturated/α-hetero) is 2. The van der Waals surface area contributed by atoms with Crippen LogP contribution in [0.25, 0.3) is 10.9 Å². The third-order valence-corrected chi connectivity index (χ3v) is 8.69. The van der Waals surface area contributed by atoms with E-state index < -0.39 is 0 Å². The van der Waals surface area contributed by atoms with Crippen molar-refractivity contribution < 1.29 is 14.4 Å². The zero-order valence-electron chi connectivity index (χ0n) is 17.6. The van der Waals surface area contributed by atoms with Crippen LogP contribution in [0, 0.1) is 41.4 Å². The largest absolute Gasteiger partial charge is 0.324 e. The molecule has 5 nitrogen and oxygen atoms in total. The maximum atomic E-state index is 13.2. The van der Waals surface area contributed by atoms with Crippen molar-refractivity contribution in [3.63, 3.8) is 0 Å². The van der Waals surface area contributed by atoms with Gasteiger partial charge in [-0.2, -0.15) is 0 Å². The number of ketones is 2. The fourth-order valence-electron chi connectivity index (χ4n) is 7.28. The average Bonchev–Trinajstić information content (AvgIpc) is 3.48. The molecule has 1 aromatic heterocycles. The lowest BCUT2D eigenvalue weighted by Crippen LogP contribution is -2.34. The molecule has 1 heterocycles. The van der Waals surface area contributed by atoms with Gasteiger partial charge in [0.2, 0.25) is 5.91 Å². The van der Waals surface area contributed by atoms with Crippen LogP contribution < -0.4 is 5.32 Å². The third-order valence-electron chi connectivity index (χ3n) is 8.69. The maximum Gasteiger partial charge on any atom is 0.227 e. The first kappa shape index (κ1) is 19.1. The molecule has 5 heteroatoms. The Morgan fingerprint density at radius 3 is 2.19 bits per heavy atom. The van der Waals surface area contributed by atoms with E-state index in [1.807, 2.05) is 30.3 Å². The molecule has 0 saturated heterocycles. The molecule has 4 fully saturated rings. The number of nitrogens with one attached hydrogen (secondary N) is 1. The molecule has 0 radical (unpaired) electrons. The molecule has 31 heavy (non-hydrogen) atoms. The van der Waals surface area contributed by atoms with Crippen molar-refractivity contribution in [2.45, 2.75) is 44.9 Å². The molecule has 2 aromatic rings. The lowest BCUT2D eigenvalue weighted by Gasteiger charge is -2.31. The Morgan fingerprint density at radius 1 is 0.839 bits per heavy atom. The molecule has 5 atom stereocenters. The summed E-state index contributed by atoms with van der Waals surface area (Å²) in [6.07, 6.45) is 8.17. The van der Waals surface area contributed by atoms with E-state index in [4.69, 9.17) is 0 Å². The first-order valence-corrected chi connectivity index (χ1v) is 11.8. The summed E-state index contributed by atoms with van der Waals surface area (Å²) >= 11 is 0. The number of nitrogens with zero attached hydrogens (tertiary/aromatic N) is 1. The molecular formula is C26H28N2O3. The number of para-hydroxylation sites is 1. The lowest BCUT2D eigenvalue weighted by molar-refractivity contribution is -0.132. The molecule has 0 spiro atoms. The van der Waals surface area contributed by atoms with Crippen LogP contribution in [0.3, 0.4) is 0 Å². The molecule has 4 saturated carbocycles. The summed E-state index contributed by atoms with van der Waals surface area (Å²) < 4.78 is 0. The molecule has 1 amide bonds. The molecule has 1 aromatic carbocycles. The highest BCUT2D eigenvalue weighted by molar-refractivity contribution is 6.12. The normalized spacial score (nSPS) is 36.7. The molecule has 0 aliphatic heterocycles. The second-order valence-corrected chi connectivity index (χ2v) is 10.1. The van der Waals surface area contributed by atoms with Crippen molar-refractivity contribution in [3.8, 4) is 0 Å². The number of carbonyl (C=O) groups is 3. The summed E-state index contributed by atoms with van der Waals surface area (Å²) in [5.41, 5.74) is 1.55. The van der Waals surface area contributed by atoms with Gasteiger partial charge in [-0.1, -0.05) is 18.2 Å². The highest BCUT2D eigenvalue weighted by Gasteiger charge is 2.62. The molecule has 4 aliphatic carbocycles. The SMILES string of the molecule is O=C(Nc1cccc2cccnc12)C1CCC(C2C(=O)[C@@H]3[C@@H]4CC[C@@H](C4)[C@@H]3C2=O)CC1. The van der Waals surface area contributed by atoms with Gasteiger partial charge < -0.3 is 5.32 Å². The highest BCUT2D eigenvalue weighted by Crippen LogP contribution is 2.59. The van der Waals surface area contributed by atoms with E-state index in [1.54, 1.807) is 6.20 Å². The summed E-state index contributed by atoms with van der Waals surface area (Å²) in [6, 6.07) is 9.68. The van der Waals surface area contributed by atoms with Gasteiger partial charge in [0.15, 0.2) is 0 Å². The number of anilines is 1. The molecule has 6 rings (SSSR count). The number of amides is 1. The van der Waals surface area contributed by atoms with Crippen molar-refractivity contribution in [2.75, 3.05) is 5.32 Å². The fourth-order valence-corrected chi connectivity index (χ4v) is 7.28. The summed E-state index contributed by atoms with van der Waals surface area (Å²) in [5, 5.41) is 4.08. The van der Waals surface area contributed by atoms with Crippen LogP contribution in [0.2, 0.25) is 0 Å². The van der Waals surface area contributed by atoms with Crippen LogP contribution in [0.15, 0.2) is 36.5 Å². The summed E-state index contributed by atoms with van der Waals surface area (Å²) in [6.45, 7) is 0. The van der Waals surface area contributed by atoms with Crippen LogP contribution in [0.1, 0.15) is 44.9 Å². The Bertz CT molecular complexity index is 1040. The maximum absolute atomic E-state index is 13.2. The minimum atomic E-state index is -0.385. The lowest BCUT2D eigenvalue weighted by atomic mass is 9.73. The number of hydrogen-bond acceptors (Lipinski definition) is 4. The van der Waals surface area contributed by atoms with Crippen molar-refractivity contribution in [3.05, 3.63) is 36.5 Å². The Balaban J connectivity index is 1.12. The van der Waals surface area contributed by atoms with E-state index in [9.17, 15) is 14.4 Å². The number of carbonyl (C=O) groups excluding carboxylic acids is 3. The number of aromatic nitrogens is 1. The molecule has 4 aliphatic rings. The third kappa shape index (κ3) is 2.96. The van der Waals surface area contributed by atoms with Crippen LogP contribution >= 0.6 is 0 Å². The van der Waals surface area contributed by atoms with Crippen molar-refractivity contribution >= 4 is 34.1 Å². The first-order valence-electron chi connectivity index (χ1n) is 11.8. The summed E-state index contributed by atoms with van der Waals surface area (Å²) in [4.78, 5) is 43.7. The van der Waals surface area contributed by atoms with Crippen LogP contribution in [-0.4, -0.2) is 22.5 Å². The standard InChI is InChI=1S/C26H28N2O3/c29-24-20-17-10-11-18(13-17)21(20)25(30)22(24)14-6-8-16(9-7-14)26(31)28-19-5-1-3-15-4-2-12-27-23(15)19/h1-5,12,14,16-18,20-22H,6-11,13H2,(H,28,31)/t14?,16?,17-,18+,20-,21+,22?. The smallest absolute Gasteiger partial charge is 0.227 e. The Labute approximate surface area is 182 Å². The van der Waals surface area contributed by atoms with Crippen molar-refractivity contribution in [1.82, 2.24) is 4.98 Å². The van der Waals surface area contributed by atoms with Gasteiger partial charge in [0.25, 0.3) is 0 Å². The number of benzene rings is 1. The predicted molar refractivity (Wildman–Crippen MR) is 117 cm³/mol. The van der Waals surface area contributed by atoms with E-state index in [-0.39, 0.29) is 47.1 Å². The zero-order chi connectivity index (χ0) is 21.1. The van der Waals surface area contributed by atoms with Crippen molar-refractivity contribution in [2.24, 2.45) is 41.4 Å². The Hall–Kier alpha value is -2.56. The van der Waals surface area contributed by atoms with Gasteiger partial charge in [-0.05, 0) is 74.8 Å². The van der Waals surface area contributed by atoms with Crippen LogP contribution in [0.5, 0.6) is 0 Å². The molecule has 1 N–H and O–H groups in total. The number of pyridine rings is 1. The predicted octanol–water partition coefficient (Wildman–Crippen LogP) is 4.41. The quantitative estimate of drug-likeness (QED) is 0.752. The van der Waals surface area contributed by atoms with Gasteiger partial charge in [-0.15, -0.1) is 0 Å². The van der Waals surface area contributed by atoms with Gasteiger partial charge in [-0.3, -0.25) is 19.4 Å². The fraction of sp³-hybridized carbons (Fsp3) is 0.538. The number of hydrogen-bond donors (Lipinski definition) is 1. The molecular weight excluding hydrogens is 388 g/mol. The number of rotatable bonds is 3. The zero-order valence-corrected chi connectivity index (χ0v) is 17.6. The second-order valence-electron chi connectivity index (χ2n) is 10.1. The topological polar surface area (TPSA) is 76.1 Å². The second kappa shape index (κ2) is 7.25. The van der Waals surface area contributed by atoms with E-state index in [2.05, 4.69) is 10.3 Å². The first-order chi connectivity index (χ1) is 15.1. The van der Waals surface area contributed by atoms with E-state index in [0.29, 0.717) is 11.8 Å². The van der Waals surface area contributed by atoms with Crippen molar-refractivity contribution in [1.29, 1.82) is 0 Å². The van der Waals surface area contributed by atoms with E-state index in [0.717, 1.165) is 61.5 Å². The average molecular weight is 417 g/mol. The molecule has 160 valence electrons. The van der Waals surface area contributed by atoms with Gasteiger partial charge >= 0.3 is 0 Å². The van der Waals surface area contributed by atoms with E-state index >= 15 is 0 Å². The van der Waals surface area contributed by atoms with Gasteiger partial charge in [0.1, 0.15) is 11.6 Å². The summed E-state index contributed by atoms with van der Waals surface area (Å²) in [5.74, 6) is 1.17. The van der Waals surface area contributed by atoms with Gasteiger partial charge in [0.05, 0.1) is 17.1 Å². The van der Waals surface area contributed by atoms with Crippen LogP contribution in [-0.2, 0) is 14.4 Å². The van der Waals surface area contributed by atoms with Crippen LogP contribution in [0.4, 0.5) is 5.69 Å². The van der Waals surface area contributed by atoms with Gasteiger partial charge in [0, 0.05) is 29.3 Å². The highest BCUT2D eigenvalue weighted by atomic mass is 16.2.